The Kier molecular flexibility index (Phi) is 6.07. The summed E-state index contributed by atoms with van der Waals surface area (Å²) in [6, 6.07) is 2.72. The number of fused-ring (bicyclic) bond motifs is 5. The fraction of sp³-hybridized carbons (Fsp3) is 0.448. The van der Waals surface area contributed by atoms with Gasteiger partial charge in [-0.1, -0.05) is 13.8 Å². The minimum absolute atomic E-state index is 0.0407. The lowest BCUT2D eigenvalue weighted by molar-refractivity contribution is -0.172. The molecule has 39 heavy (non-hydrogen) atoms. The highest BCUT2D eigenvalue weighted by Crippen LogP contribution is 2.45. The lowest BCUT2D eigenvalue weighted by Gasteiger charge is -2.31. The standard InChI is InChI=1S/C29H31FN4O5/c1-4-8-31-11-23(35)32-20-7-6-15-14(3)19(30)10-21-24(15)25(20)16-12-34-22(26(16)33-21)9-18-17(27(34)36)13-39-28(37)29(18,38)5-2/h9-10,20,31,38H,4-8,11-13H2,1-3H3,(H,32,35)/t20-,29-/m0/s1. The van der Waals surface area contributed by atoms with Crippen LogP contribution in [0, 0.1) is 12.7 Å². The largest absolute Gasteiger partial charge is 0.458 e. The van der Waals surface area contributed by atoms with Crippen molar-refractivity contribution in [3.05, 3.63) is 61.7 Å². The van der Waals surface area contributed by atoms with Gasteiger partial charge >= 0.3 is 5.97 Å². The van der Waals surface area contributed by atoms with E-state index in [1.807, 2.05) is 6.92 Å². The number of carbonyl (C=O) groups excluding carboxylic acids is 2. The van der Waals surface area contributed by atoms with Crippen molar-refractivity contribution in [3.63, 3.8) is 0 Å². The van der Waals surface area contributed by atoms with Gasteiger partial charge < -0.3 is 25.0 Å². The van der Waals surface area contributed by atoms with Gasteiger partial charge in [-0.25, -0.2) is 14.2 Å². The lowest BCUT2D eigenvalue weighted by atomic mass is 9.81. The van der Waals surface area contributed by atoms with E-state index in [1.54, 1.807) is 24.5 Å². The van der Waals surface area contributed by atoms with Gasteiger partial charge in [-0.15, -0.1) is 0 Å². The number of aliphatic hydroxyl groups is 1. The molecule has 2 atom stereocenters. The van der Waals surface area contributed by atoms with Crippen LogP contribution in [0.1, 0.15) is 72.5 Å². The summed E-state index contributed by atoms with van der Waals surface area (Å²) in [5.41, 5.74) is 2.63. The number of hydrogen-bond donors (Lipinski definition) is 3. The van der Waals surface area contributed by atoms with E-state index in [2.05, 4.69) is 10.6 Å². The average Bonchev–Trinajstić information content (AvgIpc) is 3.29. The average molecular weight is 535 g/mol. The molecule has 0 fully saturated rings. The number of esters is 1. The molecule has 2 aliphatic heterocycles. The molecular weight excluding hydrogens is 503 g/mol. The van der Waals surface area contributed by atoms with Gasteiger partial charge in [-0.3, -0.25) is 9.59 Å². The third kappa shape index (κ3) is 3.72. The van der Waals surface area contributed by atoms with E-state index >= 15 is 4.39 Å². The van der Waals surface area contributed by atoms with Crippen LogP contribution in [0.4, 0.5) is 4.39 Å². The monoisotopic (exact) mass is 534 g/mol. The van der Waals surface area contributed by atoms with Gasteiger partial charge in [0.15, 0.2) is 5.60 Å². The maximum atomic E-state index is 15.0. The first kappa shape index (κ1) is 25.6. The van der Waals surface area contributed by atoms with Crippen LogP contribution in [0.5, 0.6) is 0 Å². The van der Waals surface area contributed by atoms with Crippen LogP contribution in [-0.4, -0.2) is 39.6 Å². The first-order valence-electron chi connectivity index (χ1n) is 13.5. The topological polar surface area (TPSA) is 123 Å². The number of pyridine rings is 2. The first-order chi connectivity index (χ1) is 18.7. The van der Waals surface area contributed by atoms with Crippen LogP contribution in [0.2, 0.25) is 0 Å². The van der Waals surface area contributed by atoms with E-state index in [9.17, 15) is 19.5 Å². The second kappa shape index (κ2) is 9.24. The van der Waals surface area contributed by atoms with Crippen molar-refractivity contribution < 1.29 is 23.8 Å². The molecule has 0 radical (unpaired) electrons. The van der Waals surface area contributed by atoms with E-state index in [1.165, 1.54) is 6.07 Å². The normalized spacial score (nSPS) is 20.8. The van der Waals surface area contributed by atoms with Gasteiger partial charge in [-0.2, -0.15) is 0 Å². The van der Waals surface area contributed by atoms with Crippen molar-refractivity contribution >= 4 is 22.8 Å². The number of ether oxygens (including phenoxy) is 1. The van der Waals surface area contributed by atoms with Gasteiger partial charge in [0, 0.05) is 22.6 Å². The zero-order valence-corrected chi connectivity index (χ0v) is 22.2. The molecular formula is C29H31FN4O5. The van der Waals surface area contributed by atoms with E-state index in [0.29, 0.717) is 35.3 Å². The molecule has 3 N–H and O–H groups in total. The molecule has 3 aromatic rings. The Labute approximate surface area is 224 Å². The van der Waals surface area contributed by atoms with Crippen molar-refractivity contribution in [3.8, 4) is 11.4 Å². The molecule has 2 aromatic heterocycles. The smallest absolute Gasteiger partial charge is 0.343 e. The molecule has 204 valence electrons. The summed E-state index contributed by atoms with van der Waals surface area (Å²) < 4.78 is 21.7. The summed E-state index contributed by atoms with van der Waals surface area (Å²) in [4.78, 5) is 43.9. The Morgan fingerprint density at radius 1 is 1.26 bits per heavy atom. The molecule has 1 aliphatic carbocycles. The Bertz CT molecular complexity index is 1630. The molecule has 10 heteroatoms. The van der Waals surface area contributed by atoms with E-state index in [0.717, 1.165) is 35.0 Å². The third-order valence-electron chi connectivity index (χ3n) is 8.43. The number of aromatic nitrogens is 2. The number of rotatable bonds is 6. The predicted octanol–water partition coefficient (Wildman–Crippen LogP) is 2.63. The number of amides is 1. The van der Waals surface area contributed by atoms with Crippen molar-refractivity contribution in [2.24, 2.45) is 0 Å². The Balaban J connectivity index is 1.56. The van der Waals surface area contributed by atoms with Crippen LogP contribution in [0.3, 0.4) is 0 Å². The highest BCUT2D eigenvalue weighted by molar-refractivity contribution is 5.94. The summed E-state index contributed by atoms with van der Waals surface area (Å²) in [5.74, 6) is -1.28. The first-order valence-corrected chi connectivity index (χ1v) is 13.5. The molecule has 9 nitrogen and oxygen atoms in total. The summed E-state index contributed by atoms with van der Waals surface area (Å²) in [6.07, 6.45) is 2.13. The maximum Gasteiger partial charge on any atom is 0.343 e. The summed E-state index contributed by atoms with van der Waals surface area (Å²) in [7, 11) is 0. The summed E-state index contributed by atoms with van der Waals surface area (Å²) in [6.45, 7) is 6.35. The molecule has 0 saturated carbocycles. The van der Waals surface area contributed by atoms with Crippen LogP contribution in [0.25, 0.3) is 22.3 Å². The Hall–Kier alpha value is -3.63. The van der Waals surface area contributed by atoms with Crippen molar-refractivity contribution in [2.45, 2.75) is 71.2 Å². The third-order valence-corrected chi connectivity index (χ3v) is 8.43. The van der Waals surface area contributed by atoms with Gasteiger partial charge in [-0.05, 0) is 61.9 Å². The molecule has 1 amide bonds. The van der Waals surface area contributed by atoms with Crippen molar-refractivity contribution in [2.75, 3.05) is 13.1 Å². The molecule has 0 unspecified atom stereocenters. The van der Waals surface area contributed by atoms with Crippen LogP contribution >= 0.6 is 0 Å². The summed E-state index contributed by atoms with van der Waals surface area (Å²) in [5, 5.41) is 18.3. The molecule has 3 aliphatic rings. The van der Waals surface area contributed by atoms with Crippen molar-refractivity contribution in [1.82, 2.24) is 20.2 Å². The fourth-order valence-electron chi connectivity index (χ4n) is 6.32. The summed E-state index contributed by atoms with van der Waals surface area (Å²) >= 11 is 0. The second-order valence-electron chi connectivity index (χ2n) is 10.6. The molecule has 0 spiro atoms. The maximum absolute atomic E-state index is 15.0. The SMILES string of the molecule is CCCNCC(=O)N[C@H]1CCc2c(C)c(F)cc3nc4c(c1c23)Cn1c-4cc2c(c1=O)COC(=O)[C@]2(O)CC. The number of carbonyl (C=O) groups is 2. The Morgan fingerprint density at radius 2 is 2.05 bits per heavy atom. The zero-order chi connectivity index (χ0) is 27.6. The zero-order valence-electron chi connectivity index (χ0n) is 22.2. The molecule has 1 aromatic carbocycles. The van der Waals surface area contributed by atoms with Gasteiger partial charge in [0.25, 0.3) is 5.56 Å². The quantitative estimate of drug-likeness (QED) is 0.257. The molecule has 6 rings (SSSR count). The van der Waals surface area contributed by atoms with E-state index < -0.39 is 11.6 Å². The number of nitrogens with one attached hydrogen (secondary N) is 2. The molecule has 4 heterocycles. The Morgan fingerprint density at radius 3 is 2.79 bits per heavy atom. The van der Waals surface area contributed by atoms with E-state index in [4.69, 9.17) is 9.72 Å². The number of hydrogen-bond acceptors (Lipinski definition) is 7. The number of nitrogens with zero attached hydrogens (tertiary/aromatic N) is 2. The van der Waals surface area contributed by atoms with Gasteiger partial charge in [0.05, 0.1) is 41.6 Å². The lowest BCUT2D eigenvalue weighted by Crippen LogP contribution is -2.44. The molecule has 0 bridgehead atoms. The van der Waals surface area contributed by atoms with E-state index in [-0.39, 0.29) is 60.6 Å². The highest BCUT2D eigenvalue weighted by Gasteiger charge is 2.46. The number of benzene rings is 1. The van der Waals surface area contributed by atoms with Gasteiger partial charge in [0.1, 0.15) is 12.4 Å². The van der Waals surface area contributed by atoms with Crippen LogP contribution in [-0.2, 0) is 39.5 Å². The van der Waals surface area contributed by atoms with Crippen LogP contribution in [0.15, 0.2) is 16.9 Å². The number of halogens is 1. The van der Waals surface area contributed by atoms with Crippen molar-refractivity contribution in [1.29, 1.82) is 0 Å². The molecule has 0 saturated heterocycles. The minimum atomic E-state index is -1.94. The minimum Gasteiger partial charge on any atom is -0.458 e. The fourth-order valence-corrected chi connectivity index (χ4v) is 6.32. The number of cyclic esters (lactones) is 1. The van der Waals surface area contributed by atoms with Gasteiger partial charge in [0.2, 0.25) is 5.91 Å². The van der Waals surface area contributed by atoms with Crippen LogP contribution < -0.4 is 16.2 Å². The number of aryl methyl sites for hydroxylation is 1. The predicted molar refractivity (Wildman–Crippen MR) is 142 cm³/mol. The second-order valence-corrected chi connectivity index (χ2v) is 10.6. The highest BCUT2D eigenvalue weighted by atomic mass is 19.1.